The fraction of sp³-hybridized carbons (Fsp3) is 0.190. The maximum absolute atomic E-state index is 13.9. The second-order valence-electron chi connectivity index (χ2n) is 5.82. The lowest BCUT2D eigenvalue weighted by atomic mass is 10.2. The maximum Gasteiger partial charge on any atom is 0.241 e. The lowest BCUT2D eigenvalue weighted by molar-refractivity contribution is 0.321. The maximum atomic E-state index is 13.9. The Morgan fingerprint density at radius 2 is 1.90 bits per heavy atom. The molecular formula is C21H19FN2O4S. The Bertz CT molecular complexity index is 1160. The van der Waals surface area contributed by atoms with Gasteiger partial charge in [0, 0.05) is 11.6 Å². The first-order chi connectivity index (χ1) is 14.0. The monoisotopic (exact) mass is 414 g/mol. The molecule has 0 aliphatic rings. The molecule has 6 nitrogen and oxygen atoms in total. The van der Waals surface area contributed by atoms with Crippen LogP contribution in [-0.4, -0.2) is 33.2 Å². The lowest BCUT2D eigenvalue weighted by Gasteiger charge is -2.07. The van der Waals surface area contributed by atoms with E-state index in [1.807, 2.05) is 24.3 Å². The number of benzene rings is 2. The molecular weight excluding hydrogens is 395 g/mol. The van der Waals surface area contributed by atoms with Crippen molar-refractivity contribution < 1.29 is 22.3 Å². The van der Waals surface area contributed by atoms with Gasteiger partial charge in [-0.3, -0.25) is 4.98 Å². The van der Waals surface area contributed by atoms with Gasteiger partial charge in [0.1, 0.15) is 17.9 Å². The number of nitrogens with zero attached hydrogens (tertiary/aromatic N) is 1. The van der Waals surface area contributed by atoms with E-state index in [9.17, 15) is 12.8 Å². The Morgan fingerprint density at radius 3 is 2.69 bits per heavy atom. The number of halogens is 1. The molecule has 0 aliphatic carbocycles. The first-order valence-corrected chi connectivity index (χ1v) is 10.3. The summed E-state index contributed by atoms with van der Waals surface area (Å²) in [6, 6.07) is 12.8. The minimum Gasteiger partial charge on any atom is -0.491 e. The number of para-hydroxylation sites is 1. The first kappa shape index (κ1) is 20.6. The zero-order valence-corrected chi connectivity index (χ0v) is 16.5. The zero-order chi connectivity index (χ0) is 20.7. The smallest absolute Gasteiger partial charge is 0.241 e. The van der Waals surface area contributed by atoms with Crippen LogP contribution >= 0.6 is 0 Å². The van der Waals surface area contributed by atoms with Crippen molar-refractivity contribution in [1.29, 1.82) is 0 Å². The van der Waals surface area contributed by atoms with Crippen molar-refractivity contribution in [2.75, 3.05) is 19.8 Å². The summed E-state index contributed by atoms with van der Waals surface area (Å²) in [6.45, 7) is 1.95. The SMILES string of the molecule is CCOc1ccc(S(=O)(=O)NCC#CCOc2cccc3cccnc23)cc1F. The molecule has 0 fully saturated rings. The van der Waals surface area contributed by atoms with Gasteiger partial charge in [-0.25, -0.2) is 12.8 Å². The van der Waals surface area contributed by atoms with Crippen molar-refractivity contribution in [2.45, 2.75) is 11.8 Å². The highest BCUT2D eigenvalue weighted by Gasteiger charge is 2.15. The van der Waals surface area contributed by atoms with Gasteiger partial charge in [0.05, 0.1) is 18.0 Å². The summed E-state index contributed by atoms with van der Waals surface area (Å²) >= 11 is 0. The van der Waals surface area contributed by atoms with Crippen LogP contribution in [0.25, 0.3) is 10.9 Å². The highest BCUT2D eigenvalue weighted by atomic mass is 32.2. The summed E-state index contributed by atoms with van der Waals surface area (Å²) < 4.78 is 51.3. The van der Waals surface area contributed by atoms with Gasteiger partial charge in [-0.15, -0.1) is 0 Å². The minimum atomic E-state index is -3.88. The van der Waals surface area contributed by atoms with E-state index in [-0.39, 0.29) is 30.4 Å². The second-order valence-corrected chi connectivity index (χ2v) is 7.59. The summed E-state index contributed by atoms with van der Waals surface area (Å²) in [6.07, 6.45) is 1.68. The van der Waals surface area contributed by atoms with E-state index in [1.54, 1.807) is 19.2 Å². The predicted molar refractivity (Wildman–Crippen MR) is 108 cm³/mol. The van der Waals surface area contributed by atoms with Crippen LogP contribution in [0.3, 0.4) is 0 Å². The van der Waals surface area contributed by atoms with E-state index >= 15 is 0 Å². The van der Waals surface area contributed by atoms with Crippen LogP contribution in [0.4, 0.5) is 4.39 Å². The number of hydrogen-bond donors (Lipinski definition) is 1. The number of nitrogens with one attached hydrogen (secondary N) is 1. The summed E-state index contributed by atoms with van der Waals surface area (Å²) in [5, 5.41) is 0.952. The van der Waals surface area contributed by atoms with E-state index < -0.39 is 15.8 Å². The number of hydrogen-bond acceptors (Lipinski definition) is 5. The third kappa shape index (κ3) is 5.22. The molecule has 3 rings (SSSR count). The summed E-state index contributed by atoms with van der Waals surface area (Å²) in [4.78, 5) is 4.09. The van der Waals surface area contributed by atoms with Gasteiger partial charge >= 0.3 is 0 Å². The molecule has 0 spiro atoms. The van der Waals surface area contributed by atoms with Crippen molar-refractivity contribution in [3.8, 4) is 23.3 Å². The fourth-order valence-corrected chi connectivity index (χ4v) is 3.49. The molecule has 150 valence electrons. The van der Waals surface area contributed by atoms with Crippen LogP contribution in [0.2, 0.25) is 0 Å². The van der Waals surface area contributed by atoms with Crippen molar-refractivity contribution in [3.05, 3.63) is 60.5 Å². The quantitative estimate of drug-likeness (QED) is 0.601. The summed E-state index contributed by atoms with van der Waals surface area (Å²) in [7, 11) is -3.88. The lowest BCUT2D eigenvalue weighted by Crippen LogP contribution is -2.24. The van der Waals surface area contributed by atoms with Crippen LogP contribution < -0.4 is 14.2 Å². The Hall–Kier alpha value is -3.15. The van der Waals surface area contributed by atoms with Crippen LogP contribution in [0.5, 0.6) is 11.5 Å². The molecule has 8 heteroatoms. The molecule has 1 aromatic heterocycles. The van der Waals surface area contributed by atoms with Crippen LogP contribution in [0.1, 0.15) is 6.92 Å². The Balaban J connectivity index is 1.56. The molecule has 0 unspecified atom stereocenters. The molecule has 1 N–H and O–H groups in total. The highest BCUT2D eigenvalue weighted by Crippen LogP contribution is 2.23. The molecule has 3 aromatic rings. The molecule has 0 aliphatic heterocycles. The van der Waals surface area contributed by atoms with Crippen LogP contribution in [0.15, 0.2) is 59.6 Å². The number of fused-ring (bicyclic) bond motifs is 1. The Labute approximate surface area is 168 Å². The van der Waals surface area contributed by atoms with E-state index in [4.69, 9.17) is 9.47 Å². The van der Waals surface area contributed by atoms with E-state index in [0.717, 1.165) is 17.0 Å². The molecule has 0 atom stereocenters. The molecule has 0 bridgehead atoms. The predicted octanol–water partition coefficient (Wildman–Crippen LogP) is 3.13. The molecule has 0 saturated carbocycles. The third-order valence-electron chi connectivity index (χ3n) is 3.88. The summed E-state index contributed by atoms with van der Waals surface area (Å²) in [5.41, 5.74) is 0.732. The standard InChI is InChI=1S/C21H19FN2O4S/c1-2-27-19-11-10-17(15-18(19)22)29(25,26)24-13-3-4-14-28-20-9-5-7-16-8-6-12-23-21(16)20/h5-12,15,24H,2,13-14H2,1H3. The van der Waals surface area contributed by atoms with Crippen molar-refractivity contribution in [1.82, 2.24) is 9.71 Å². The van der Waals surface area contributed by atoms with Gasteiger partial charge in [-0.05, 0) is 37.3 Å². The third-order valence-corrected chi connectivity index (χ3v) is 5.28. The van der Waals surface area contributed by atoms with Gasteiger partial charge in [0.25, 0.3) is 0 Å². The number of rotatable bonds is 7. The van der Waals surface area contributed by atoms with Crippen molar-refractivity contribution in [2.24, 2.45) is 0 Å². The minimum absolute atomic E-state index is 0.00585. The Morgan fingerprint density at radius 1 is 1.07 bits per heavy atom. The average Bonchev–Trinajstić information content (AvgIpc) is 2.72. The molecule has 0 amide bonds. The number of sulfonamides is 1. The van der Waals surface area contributed by atoms with Crippen LogP contribution in [0, 0.1) is 17.7 Å². The molecule has 2 aromatic carbocycles. The van der Waals surface area contributed by atoms with E-state index in [2.05, 4.69) is 21.5 Å². The van der Waals surface area contributed by atoms with E-state index in [1.165, 1.54) is 12.1 Å². The highest BCUT2D eigenvalue weighted by molar-refractivity contribution is 7.89. The topological polar surface area (TPSA) is 77.5 Å². The van der Waals surface area contributed by atoms with Gasteiger partial charge in [-0.2, -0.15) is 4.72 Å². The molecule has 0 saturated heterocycles. The number of aromatic nitrogens is 1. The first-order valence-electron chi connectivity index (χ1n) is 8.85. The fourth-order valence-electron chi connectivity index (χ4n) is 2.56. The molecule has 29 heavy (non-hydrogen) atoms. The molecule has 1 heterocycles. The van der Waals surface area contributed by atoms with Gasteiger partial charge in [-0.1, -0.05) is 30.0 Å². The van der Waals surface area contributed by atoms with Gasteiger partial charge < -0.3 is 9.47 Å². The van der Waals surface area contributed by atoms with E-state index in [0.29, 0.717) is 5.75 Å². The average molecular weight is 414 g/mol. The van der Waals surface area contributed by atoms with Crippen molar-refractivity contribution in [3.63, 3.8) is 0 Å². The summed E-state index contributed by atoms with van der Waals surface area (Å²) in [5.74, 6) is 5.28. The number of pyridine rings is 1. The normalized spacial score (nSPS) is 11.0. The number of ether oxygens (including phenoxy) is 2. The molecule has 0 radical (unpaired) electrons. The van der Waals surface area contributed by atoms with Crippen molar-refractivity contribution >= 4 is 20.9 Å². The van der Waals surface area contributed by atoms with Gasteiger partial charge in [0.2, 0.25) is 10.0 Å². The largest absolute Gasteiger partial charge is 0.491 e. The van der Waals surface area contributed by atoms with Gasteiger partial charge in [0.15, 0.2) is 11.6 Å². The van der Waals surface area contributed by atoms with Crippen LogP contribution in [-0.2, 0) is 10.0 Å². The second kappa shape index (κ2) is 9.37. The Kier molecular flexibility index (Phi) is 6.65. The zero-order valence-electron chi connectivity index (χ0n) is 15.7.